The number of H-pyrrole nitrogens is 1. The maximum Gasteiger partial charge on any atom is 0.573 e. The van der Waals surface area contributed by atoms with E-state index in [-0.39, 0.29) is 11.4 Å². The topological polar surface area (TPSA) is 67.0 Å². The number of alkyl halides is 3. The van der Waals surface area contributed by atoms with Crippen LogP contribution in [-0.4, -0.2) is 22.5 Å². The first kappa shape index (κ1) is 18.5. The number of aromatic amines is 1. The van der Waals surface area contributed by atoms with Crippen LogP contribution in [-0.2, 0) is 0 Å². The standard InChI is InChI=1S/C21H14F3N3O2/c22-21(23,24)29-15-10-8-14(9-11-15)25-20(28)19-12-18(26-27-19)17-7-3-5-13-4-1-2-6-16(13)17/h1-12H,(H,25,28)(H,26,27). The molecular weight excluding hydrogens is 383 g/mol. The van der Waals surface area contributed by atoms with Crippen molar-refractivity contribution in [3.05, 3.63) is 78.5 Å². The van der Waals surface area contributed by atoms with Crippen molar-refractivity contribution in [2.75, 3.05) is 5.32 Å². The van der Waals surface area contributed by atoms with E-state index in [0.717, 1.165) is 28.5 Å². The van der Waals surface area contributed by atoms with Gasteiger partial charge in [-0.3, -0.25) is 9.89 Å². The van der Waals surface area contributed by atoms with E-state index in [4.69, 9.17) is 0 Å². The molecule has 0 aliphatic rings. The second kappa shape index (κ2) is 7.31. The van der Waals surface area contributed by atoms with Crippen molar-refractivity contribution < 1.29 is 22.7 Å². The van der Waals surface area contributed by atoms with Gasteiger partial charge >= 0.3 is 6.36 Å². The lowest BCUT2D eigenvalue weighted by Gasteiger charge is -2.09. The van der Waals surface area contributed by atoms with Crippen LogP contribution >= 0.6 is 0 Å². The van der Waals surface area contributed by atoms with Crippen LogP contribution in [0.4, 0.5) is 18.9 Å². The SMILES string of the molecule is O=C(Nc1ccc(OC(F)(F)F)cc1)c1cc(-c2cccc3ccccc23)n[nH]1. The summed E-state index contributed by atoms with van der Waals surface area (Å²) in [4.78, 5) is 12.4. The van der Waals surface area contributed by atoms with Crippen LogP contribution in [0.3, 0.4) is 0 Å². The Hall–Kier alpha value is -3.81. The Morgan fingerprint density at radius 2 is 1.69 bits per heavy atom. The predicted molar refractivity (Wildman–Crippen MR) is 103 cm³/mol. The summed E-state index contributed by atoms with van der Waals surface area (Å²) >= 11 is 0. The quantitative estimate of drug-likeness (QED) is 0.486. The van der Waals surface area contributed by atoms with E-state index in [9.17, 15) is 18.0 Å². The third-order valence-corrected chi connectivity index (χ3v) is 4.23. The van der Waals surface area contributed by atoms with Crippen LogP contribution in [0, 0.1) is 0 Å². The van der Waals surface area contributed by atoms with Gasteiger partial charge in [0.2, 0.25) is 0 Å². The zero-order valence-corrected chi connectivity index (χ0v) is 14.8. The fourth-order valence-corrected chi connectivity index (χ4v) is 2.96. The van der Waals surface area contributed by atoms with Crippen molar-refractivity contribution in [2.45, 2.75) is 6.36 Å². The second-order valence-electron chi connectivity index (χ2n) is 6.22. The lowest BCUT2D eigenvalue weighted by atomic mass is 10.0. The molecule has 0 aliphatic heterocycles. The summed E-state index contributed by atoms with van der Waals surface area (Å²) in [6, 6.07) is 20.2. The molecule has 1 heterocycles. The number of nitrogens with one attached hydrogen (secondary N) is 2. The average Bonchev–Trinajstić information content (AvgIpc) is 3.18. The molecule has 0 spiro atoms. The first-order chi connectivity index (χ1) is 13.9. The van der Waals surface area contributed by atoms with Crippen LogP contribution in [0.15, 0.2) is 72.8 Å². The smallest absolute Gasteiger partial charge is 0.406 e. The molecule has 0 fully saturated rings. The van der Waals surface area contributed by atoms with Crippen LogP contribution < -0.4 is 10.1 Å². The monoisotopic (exact) mass is 397 g/mol. The normalized spacial score (nSPS) is 11.4. The number of nitrogens with zero attached hydrogens (tertiary/aromatic N) is 1. The van der Waals surface area contributed by atoms with Gasteiger partial charge in [0.15, 0.2) is 0 Å². The Morgan fingerprint density at radius 3 is 2.45 bits per heavy atom. The average molecular weight is 397 g/mol. The molecule has 4 aromatic rings. The fourth-order valence-electron chi connectivity index (χ4n) is 2.96. The highest BCUT2D eigenvalue weighted by Gasteiger charge is 2.31. The minimum atomic E-state index is -4.77. The van der Waals surface area contributed by atoms with Gasteiger partial charge in [-0.2, -0.15) is 5.10 Å². The molecule has 29 heavy (non-hydrogen) atoms. The van der Waals surface area contributed by atoms with Gasteiger partial charge in [0.05, 0.1) is 5.69 Å². The Bertz CT molecular complexity index is 1160. The minimum Gasteiger partial charge on any atom is -0.406 e. The van der Waals surface area contributed by atoms with E-state index < -0.39 is 12.3 Å². The number of amides is 1. The third kappa shape index (κ3) is 4.21. The maximum atomic E-state index is 12.4. The van der Waals surface area contributed by atoms with Gasteiger partial charge in [-0.25, -0.2) is 0 Å². The van der Waals surface area contributed by atoms with Gasteiger partial charge in [0, 0.05) is 11.3 Å². The number of carbonyl (C=O) groups excluding carboxylic acids is 1. The molecule has 3 aromatic carbocycles. The Kier molecular flexibility index (Phi) is 4.67. The first-order valence-corrected chi connectivity index (χ1v) is 8.60. The van der Waals surface area contributed by atoms with Crippen molar-refractivity contribution >= 4 is 22.4 Å². The lowest BCUT2D eigenvalue weighted by molar-refractivity contribution is -0.274. The molecular formula is C21H14F3N3O2. The number of benzene rings is 3. The largest absolute Gasteiger partial charge is 0.573 e. The number of carbonyl (C=O) groups is 1. The molecule has 0 atom stereocenters. The second-order valence-corrected chi connectivity index (χ2v) is 6.22. The highest BCUT2D eigenvalue weighted by molar-refractivity contribution is 6.04. The number of fused-ring (bicyclic) bond motifs is 1. The molecule has 0 saturated carbocycles. The predicted octanol–water partition coefficient (Wildman–Crippen LogP) is 5.38. The van der Waals surface area contributed by atoms with Crippen molar-refractivity contribution in [1.82, 2.24) is 10.2 Å². The van der Waals surface area contributed by atoms with Gasteiger partial charge in [-0.15, -0.1) is 13.2 Å². The van der Waals surface area contributed by atoms with Crippen LogP contribution in [0.5, 0.6) is 5.75 Å². The molecule has 5 nitrogen and oxygen atoms in total. The number of aromatic nitrogens is 2. The first-order valence-electron chi connectivity index (χ1n) is 8.60. The molecule has 4 rings (SSSR count). The number of ether oxygens (including phenoxy) is 1. The van der Waals surface area contributed by atoms with E-state index in [1.165, 1.54) is 12.1 Å². The fraction of sp³-hybridized carbons (Fsp3) is 0.0476. The summed E-state index contributed by atoms with van der Waals surface area (Å²) < 4.78 is 40.4. The summed E-state index contributed by atoms with van der Waals surface area (Å²) in [5.41, 5.74) is 2.04. The van der Waals surface area contributed by atoms with Crippen molar-refractivity contribution in [1.29, 1.82) is 0 Å². The lowest BCUT2D eigenvalue weighted by Crippen LogP contribution is -2.17. The zero-order chi connectivity index (χ0) is 20.4. The zero-order valence-electron chi connectivity index (χ0n) is 14.8. The van der Waals surface area contributed by atoms with Crippen molar-refractivity contribution in [3.63, 3.8) is 0 Å². The van der Waals surface area contributed by atoms with Crippen LogP contribution in [0.25, 0.3) is 22.0 Å². The van der Waals surface area contributed by atoms with Gasteiger partial charge in [0.1, 0.15) is 11.4 Å². The number of hydrogen-bond donors (Lipinski definition) is 2. The van der Waals surface area contributed by atoms with E-state index in [1.54, 1.807) is 6.07 Å². The number of halogens is 3. The summed E-state index contributed by atoms with van der Waals surface area (Å²) in [5.74, 6) is -0.830. The summed E-state index contributed by atoms with van der Waals surface area (Å²) in [5, 5.41) is 11.6. The van der Waals surface area contributed by atoms with E-state index >= 15 is 0 Å². The molecule has 2 N–H and O–H groups in total. The molecule has 0 unspecified atom stereocenters. The van der Waals surface area contributed by atoms with E-state index in [0.29, 0.717) is 11.4 Å². The van der Waals surface area contributed by atoms with Crippen molar-refractivity contribution in [3.8, 4) is 17.0 Å². The molecule has 0 radical (unpaired) electrons. The molecule has 146 valence electrons. The third-order valence-electron chi connectivity index (χ3n) is 4.23. The molecule has 8 heteroatoms. The van der Waals surface area contributed by atoms with Crippen LogP contribution in [0.1, 0.15) is 10.5 Å². The highest BCUT2D eigenvalue weighted by Crippen LogP contribution is 2.28. The maximum absolute atomic E-state index is 12.4. The molecule has 0 aliphatic carbocycles. The number of anilines is 1. The van der Waals surface area contributed by atoms with Gasteiger partial charge in [-0.1, -0.05) is 42.5 Å². The van der Waals surface area contributed by atoms with Crippen molar-refractivity contribution in [2.24, 2.45) is 0 Å². The Morgan fingerprint density at radius 1 is 0.966 bits per heavy atom. The minimum absolute atomic E-state index is 0.226. The summed E-state index contributed by atoms with van der Waals surface area (Å²) in [6.45, 7) is 0. The van der Waals surface area contributed by atoms with Crippen LogP contribution in [0.2, 0.25) is 0 Å². The molecule has 0 bridgehead atoms. The molecule has 0 saturated heterocycles. The van der Waals surface area contributed by atoms with E-state index in [1.807, 2.05) is 42.5 Å². The summed E-state index contributed by atoms with van der Waals surface area (Å²) in [6.07, 6.45) is -4.77. The van der Waals surface area contributed by atoms with Gasteiger partial charge < -0.3 is 10.1 Å². The van der Waals surface area contributed by atoms with Gasteiger partial charge in [0.25, 0.3) is 5.91 Å². The number of hydrogen-bond acceptors (Lipinski definition) is 3. The van der Waals surface area contributed by atoms with E-state index in [2.05, 4.69) is 20.3 Å². The molecule has 1 aromatic heterocycles. The molecule has 1 amide bonds. The van der Waals surface area contributed by atoms with Gasteiger partial charge in [-0.05, 0) is 41.1 Å². The highest BCUT2D eigenvalue weighted by atomic mass is 19.4. The Balaban J connectivity index is 1.51. The number of rotatable bonds is 4. The summed E-state index contributed by atoms with van der Waals surface area (Å²) in [7, 11) is 0. The Labute approximate surface area is 163 Å².